The Bertz CT molecular complexity index is 626. The molecule has 1 aliphatic rings. The largest absolute Gasteiger partial charge is 0.350 e. The smallest absolute Gasteiger partial charge is 0.242 e. The summed E-state index contributed by atoms with van der Waals surface area (Å²) in [4.78, 5) is 13.4. The maximum Gasteiger partial charge on any atom is 0.242 e. The van der Waals surface area contributed by atoms with Crippen molar-refractivity contribution >= 4 is 28.8 Å². The fourth-order valence-electron chi connectivity index (χ4n) is 2.46. The zero-order valence-corrected chi connectivity index (χ0v) is 12.4. The molecule has 1 aromatic heterocycles. The predicted molar refractivity (Wildman–Crippen MR) is 82.1 cm³/mol. The second kappa shape index (κ2) is 5.95. The minimum atomic E-state index is -0.254. The number of fused-ring (bicyclic) bond motifs is 1. The summed E-state index contributed by atoms with van der Waals surface area (Å²) >= 11 is 7.38. The lowest BCUT2D eigenvalue weighted by atomic mass is 9.94. The van der Waals surface area contributed by atoms with E-state index >= 15 is 0 Å². The Hall–Kier alpha value is -1.36. The van der Waals surface area contributed by atoms with Crippen LogP contribution in [0, 0.1) is 0 Å². The molecule has 1 atom stereocenters. The molecule has 1 amide bonds. The van der Waals surface area contributed by atoms with Crippen LogP contribution in [-0.2, 0) is 17.8 Å². The molecule has 0 bridgehead atoms. The number of carbonyl (C=O) groups excluding carboxylic acids is 1. The Labute approximate surface area is 127 Å². The molecule has 0 radical (unpaired) electrons. The molecule has 0 fully saturated rings. The lowest BCUT2D eigenvalue weighted by Gasteiger charge is -2.25. The predicted octanol–water partition coefficient (Wildman–Crippen LogP) is 2.90. The number of halogens is 1. The average molecular weight is 307 g/mol. The van der Waals surface area contributed by atoms with Gasteiger partial charge >= 0.3 is 0 Å². The van der Waals surface area contributed by atoms with Crippen molar-refractivity contribution < 1.29 is 4.79 Å². The Morgan fingerprint density at radius 1 is 1.35 bits per heavy atom. The van der Waals surface area contributed by atoms with Crippen molar-refractivity contribution in [1.29, 1.82) is 0 Å². The van der Waals surface area contributed by atoms with Crippen molar-refractivity contribution in [1.82, 2.24) is 10.6 Å². The monoisotopic (exact) mass is 306 g/mol. The summed E-state index contributed by atoms with van der Waals surface area (Å²) in [6.07, 6.45) is 0.973. The molecule has 0 saturated carbocycles. The van der Waals surface area contributed by atoms with E-state index in [0.717, 1.165) is 27.7 Å². The van der Waals surface area contributed by atoms with Gasteiger partial charge in [-0.15, -0.1) is 11.3 Å². The van der Waals surface area contributed by atoms with Crippen LogP contribution < -0.4 is 10.6 Å². The van der Waals surface area contributed by atoms with Crippen molar-refractivity contribution in [3.63, 3.8) is 0 Å². The lowest BCUT2D eigenvalue weighted by molar-refractivity contribution is -0.123. The molecule has 0 saturated heterocycles. The molecule has 20 heavy (non-hydrogen) atoms. The van der Waals surface area contributed by atoms with Crippen LogP contribution in [0.5, 0.6) is 0 Å². The molecule has 0 aliphatic carbocycles. The summed E-state index contributed by atoms with van der Waals surface area (Å²) in [5, 5.41) is 6.26. The lowest BCUT2D eigenvalue weighted by Crippen LogP contribution is -2.41. The van der Waals surface area contributed by atoms with E-state index < -0.39 is 0 Å². The molecule has 1 unspecified atom stereocenters. The minimum Gasteiger partial charge on any atom is -0.350 e. The Balaban J connectivity index is 1.69. The number of hydrogen-bond acceptors (Lipinski definition) is 3. The van der Waals surface area contributed by atoms with Gasteiger partial charge in [0.25, 0.3) is 0 Å². The van der Waals surface area contributed by atoms with Crippen LogP contribution in [0.3, 0.4) is 0 Å². The summed E-state index contributed by atoms with van der Waals surface area (Å²) in [5.74, 6) is 0.0154. The number of nitrogens with one attached hydrogen (secondary N) is 2. The van der Waals surface area contributed by atoms with E-state index in [2.05, 4.69) is 16.7 Å². The molecule has 104 valence electrons. The zero-order valence-electron chi connectivity index (χ0n) is 10.9. The van der Waals surface area contributed by atoms with Crippen LogP contribution in [-0.4, -0.2) is 12.5 Å². The number of rotatable bonds is 3. The molecule has 0 spiro atoms. The Morgan fingerprint density at radius 2 is 2.20 bits per heavy atom. The number of amides is 1. The standard InChI is InChI=1S/C15H15ClN2OS/c16-13-6-5-11(20-13)9-18-15(19)14-12-4-2-1-3-10(12)7-8-17-14/h1-6,14,17H,7-9H2,(H,18,19). The minimum absolute atomic E-state index is 0.0154. The van der Waals surface area contributed by atoms with Gasteiger partial charge in [-0.2, -0.15) is 0 Å². The molecule has 2 heterocycles. The summed E-state index contributed by atoms with van der Waals surface area (Å²) in [6, 6.07) is 11.6. The summed E-state index contributed by atoms with van der Waals surface area (Å²) < 4.78 is 0.746. The molecule has 1 aliphatic heterocycles. The van der Waals surface area contributed by atoms with E-state index in [1.807, 2.05) is 30.3 Å². The van der Waals surface area contributed by atoms with Crippen molar-refractivity contribution in [2.45, 2.75) is 19.0 Å². The number of benzene rings is 1. The second-order valence-electron chi connectivity index (χ2n) is 4.76. The molecule has 1 aromatic carbocycles. The molecule has 2 N–H and O–H groups in total. The van der Waals surface area contributed by atoms with Crippen molar-refractivity contribution in [2.24, 2.45) is 0 Å². The van der Waals surface area contributed by atoms with Gasteiger partial charge in [0.1, 0.15) is 6.04 Å². The van der Waals surface area contributed by atoms with Gasteiger partial charge in [-0.1, -0.05) is 35.9 Å². The van der Waals surface area contributed by atoms with Crippen LogP contribution in [0.2, 0.25) is 4.34 Å². The summed E-state index contributed by atoms with van der Waals surface area (Å²) in [6.45, 7) is 1.36. The molecule has 3 nitrogen and oxygen atoms in total. The summed E-state index contributed by atoms with van der Waals surface area (Å²) in [5.41, 5.74) is 2.34. The molecule has 5 heteroatoms. The van der Waals surface area contributed by atoms with Gasteiger partial charge in [0, 0.05) is 11.4 Å². The van der Waals surface area contributed by atoms with E-state index in [9.17, 15) is 4.79 Å². The highest BCUT2D eigenvalue weighted by atomic mass is 35.5. The number of thiophene rings is 1. The molecule has 2 aromatic rings. The van der Waals surface area contributed by atoms with E-state index in [-0.39, 0.29) is 11.9 Å². The second-order valence-corrected chi connectivity index (χ2v) is 6.56. The van der Waals surface area contributed by atoms with Crippen LogP contribution in [0.15, 0.2) is 36.4 Å². The van der Waals surface area contributed by atoms with Crippen LogP contribution in [0.4, 0.5) is 0 Å². The third-order valence-electron chi connectivity index (χ3n) is 3.44. The van der Waals surface area contributed by atoms with Crippen LogP contribution in [0.1, 0.15) is 22.0 Å². The fraction of sp³-hybridized carbons (Fsp3) is 0.267. The maximum atomic E-state index is 12.3. The third kappa shape index (κ3) is 2.87. The first-order valence-electron chi connectivity index (χ1n) is 6.57. The SMILES string of the molecule is O=C(NCc1ccc(Cl)s1)C1NCCc2ccccc21. The number of hydrogen-bond donors (Lipinski definition) is 2. The van der Waals surface area contributed by atoms with Crippen molar-refractivity contribution in [3.05, 3.63) is 56.7 Å². The Morgan fingerprint density at radius 3 is 3.00 bits per heavy atom. The quantitative estimate of drug-likeness (QED) is 0.915. The maximum absolute atomic E-state index is 12.3. The normalized spacial score (nSPS) is 17.6. The van der Waals surface area contributed by atoms with Gasteiger partial charge in [-0.25, -0.2) is 0 Å². The number of carbonyl (C=O) groups is 1. The fourth-order valence-corrected chi connectivity index (χ4v) is 3.49. The highest BCUT2D eigenvalue weighted by Gasteiger charge is 2.25. The average Bonchev–Trinajstić information content (AvgIpc) is 2.90. The van der Waals surface area contributed by atoms with E-state index in [1.54, 1.807) is 0 Å². The van der Waals surface area contributed by atoms with Gasteiger partial charge < -0.3 is 10.6 Å². The highest BCUT2D eigenvalue weighted by Crippen LogP contribution is 2.24. The zero-order chi connectivity index (χ0) is 13.9. The van der Waals surface area contributed by atoms with Gasteiger partial charge in [-0.05, 0) is 29.7 Å². The first-order chi connectivity index (χ1) is 9.74. The first-order valence-corrected chi connectivity index (χ1v) is 7.76. The summed E-state index contributed by atoms with van der Waals surface area (Å²) in [7, 11) is 0. The topological polar surface area (TPSA) is 41.1 Å². The van der Waals surface area contributed by atoms with Gasteiger partial charge in [0.2, 0.25) is 5.91 Å². The van der Waals surface area contributed by atoms with Crippen LogP contribution >= 0.6 is 22.9 Å². The van der Waals surface area contributed by atoms with Crippen molar-refractivity contribution in [3.8, 4) is 0 Å². The van der Waals surface area contributed by atoms with E-state index in [1.165, 1.54) is 16.9 Å². The van der Waals surface area contributed by atoms with Gasteiger partial charge in [0.05, 0.1) is 10.9 Å². The third-order valence-corrected chi connectivity index (χ3v) is 4.67. The van der Waals surface area contributed by atoms with Crippen molar-refractivity contribution in [2.75, 3.05) is 6.54 Å². The first kappa shape index (κ1) is 13.6. The molecular weight excluding hydrogens is 292 g/mol. The van der Waals surface area contributed by atoms with E-state index in [0.29, 0.717) is 6.54 Å². The Kier molecular flexibility index (Phi) is 4.05. The van der Waals surface area contributed by atoms with Crippen LogP contribution in [0.25, 0.3) is 0 Å². The highest BCUT2D eigenvalue weighted by molar-refractivity contribution is 7.16. The van der Waals surface area contributed by atoms with Gasteiger partial charge in [0.15, 0.2) is 0 Å². The molecule has 3 rings (SSSR count). The van der Waals surface area contributed by atoms with Gasteiger partial charge in [-0.3, -0.25) is 4.79 Å². The molecular formula is C15H15ClN2OS. The van der Waals surface area contributed by atoms with E-state index in [4.69, 9.17) is 11.6 Å².